The van der Waals surface area contributed by atoms with Gasteiger partial charge in [-0.2, -0.15) is 0 Å². The maximum Gasteiger partial charge on any atom is 0.377 e. The summed E-state index contributed by atoms with van der Waals surface area (Å²) in [4.78, 5) is 44.7. The van der Waals surface area contributed by atoms with Crippen LogP contribution in [0.15, 0.2) is 89.8 Å². The van der Waals surface area contributed by atoms with E-state index < -0.39 is 70.7 Å². The number of ketones is 1. The van der Waals surface area contributed by atoms with Crippen molar-refractivity contribution in [2.24, 2.45) is 4.99 Å². The largest absolute Gasteiger partial charge is 0.505 e. The quantitative estimate of drug-likeness (QED) is 0.0483. The second kappa shape index (κ2) is 22.7. The SMILES string of the molecule is C=CCN1CC[C@]23c4c5ccc(O)c4O[C@H]2C(=O)CC[C@@]3(O)[C@H]1C5.CC(C)NCC(O)COc1cccc2c1OCC(O[N+](=O)[O-])C2.O=C1O[C@H]([C@@H](O)CO)C(O)=C1O.c1ccc(CC2=NCCN2)cc1. The Kier molecular flexibility index (Phi) is 16.7. The highest BCUT2D eigenvalue weighted by Crippen LogP contribution is 2.64. The molecule has 5 heterocycles. The molecule has 8 atom stereocenters. The number of rotatable bonds is 14. The Bertz CT molecular complexity index is 2470. The number of amidine groups is 1. The average Bonchev–Trinajstić information content (AvgIpc) is 4.07. The number of aromatic hydroxyl groups is 1. The van der Waals surface area contributed by atoms with E-state index in [-0.39, 0.29) is 36.8 Å². The van der Waals surface area contributed by atoms with E-state index in [1.165, 1.54) is 5.56 Å². The summed E-state index contributed by atoms with van der Waals surface area (Å²) < 4.78 is 21.5. The smallest absolute Gasteiger partial charge is 0.377 e. The van der Waals surface area contributed by atoms with Crippen LogP contribution >= 0.6 is 0 Å². The molecule has 0 amide bonds. The van der Waals surface area contributed by atoms with Crippen molar-refractivity contribution in [3.63, 3.8) is 0 Å². The van der Waals surface area contributed by atoms with Crippen LogP contribution in [0, 0.1) is 10.1 Å². The van der Waals surface area contributed by atoms with Crippen LogP contribution in [0.2, 0.25) is 0 Å². The van der Waals surface area contributed by atoms with Gasteiger partial charge < -0.3 is 70.2 Å². The Hall–Kier alpha value is -6.49. The fraction of sp³-hybridized carbons (Fsp3) is 0.500. The molecular weight excluding hydrogens is 927 g/mol. The number of carbonyl (C=O) groups is 2. The molecule has 9 N–H and O–H groups in total. The Morgan fingerprint density at radius 2 is 1.80 bits per heavy atom. The zero-order valence-corrected chi connectivity index (χ0v) is 39.6. The van der Waals surface area contributed by atoms with Crippen LogP contribution in [0.25, 0.3) is 0 Å². The predicted octanol–water partition coefficient (Wildman–Crippen LogP) is 2.06. The fourth-order valence-electron chi connectivity index (χ4n) is 10.3. The molecule has 7 aliphatic rings. The van der Waals surface area contributed by atoms with Gasteiger partial charge in [0.15, 0.2) is 46.7 Å². The molecule has 1 saturated heterocycles. The molecule has 21 nitrogen and oxygen atoms in total. The Labute approximate surface area is 410 Å². The minimum Gasteiger partial charge on any atom is -0.505 e. The van der Waals surface area contributed by atoms with Gasteiger partial charge in [0.1, 0.15) is 37.4 Å². The molecule has 2 aliphatic carbocycles. The van der Waals surface area contributed by atoms with Gasteiger partial charge >= 0.3 is 5.97 Å². The fourth-order valence-corrected chi connectivity index (χ4v) is 10.3. The van der Waals surface area contributed by atoms with Crippen LogP contribution in [0.3, 0.4) is 0 Å². The van der Waals surface area contributed by atoms with Crippen molar-refractivity contribution in [2.75, 3.05) is 52.5 Å². The lowest BCUT2D eigenvalue weighted by Crippen LogP contribution is -2.76. The van der Waals surface area contributed by atoms with E-state index in [0.29, 0.717) is 55.9 Å². The number of piperidine rings is 1. The number of hydrogen-bond acceptors (Lipinski definition) is 20. The highest BCUT2D eigenvalue weighted by molar-refractivity contribution is 5.90. The lowest BCUT2D eigenvalue weighted by Gasteiger charge is -2.62. The van der Waals surface area contributed by atoms with E-state index in [1.807, 2.05) is 38.1 Å². The summed E-state index contributed by atoms with van der Waals surface area (Å²) in [6.45, 7) is 11.3. The molecule has 10 rings (SSSR count). The Morgan fingerprint density at radius 1 is 1.03 bits per heavy atom. The number of ether oxygens (including phenoxy) is 4. The summed E-state index contributed by atoms with van der Waals surface area (Å²) >= 11 is 0. The number of carbonyl (C=O) groups excluding carboxylic acids is 2. The summed E-state index contributed by atoms with van der Waals surface area (Å²) in [5.41, 5.74) is 2.37. The van der Waals surface area contributed by atoms with Gasteiger partial charge in [-0.15, -0.1) is 16.7 Å². The second-order valence-corrected chi connectivity index (χ2v) is 18.5. The summed E-state index contributed by atoms with van der Waals surface area (Å²) in [5.74, 6) is -0.0499. The molecule has 2 fully saturated rings. The number of benzene rings is 3. The standard InChI is InChI=1S/C19H21NO4.C15H22N2O6.C10H12N2.C6H8O6/c1-2-8-20-9-7-18-15-11-3-4-12(21)16(15)24-17(18)13(22)5-6-19(18,23)14(20)10-11;1-10(2)16-7-12(18)8-21-14-5-3-4-11-6-13(23-17(19)20)9-22-15(11)14;1-2-4-9(5-3-1)8-10-11-6-7-12-10;7-1-2(8)5-3(9)4(10)6(11)12-5/h2-4,14,17,21,23H,1,5-10H2;3-5,10,12-13,16,18H,6-9H2,1-2H3;1-5H,6-8H2,(H,11,12);2,5,7-10H,1H2/t14-,17+,18+,19-;;;2-,5+/m1..0/s1. The molecule has 3 aromatic carbocycles. The molecule has 21 heteroatoms. The van der Waals surface area contributed by atoms with Crippen molar-refractivity contribution >= 4 is 17.6 Å². The maximum absolute atomic E-state index is 12.6. The first-order valence-electron chi connectivity index (χ1n) is 23.7. The van der Waals surface area contributed by atoms with Crippen LogP contribution in [0.5, 0.6) is 23.0 Å². The molecule has 2 unspecified atom stereocenters. The van der Waals surface area contributed by atoms with E-state index in [4.69, 9.17) is 34.6 Å². The monoisotopic (exact) mass is 989 g/mol. The molecule has 0 radical (unpaired) electrons. The van der Waals surface area contributed by atoms with E-state index in [1.54, 1.807) is 18.2 Å². The summed E-state index contributed by atoms with van der Waals surface area (Å²) in [6.07, 6.45) is 0.641. The van der Waals surface area contributed by atoms with E-state index in [0.717, 1.165) is 55.1 Å². The van der Waals surface area contributed by atoms with Crippen molar-refractivity contribution in [2.45, 2.75) is 106 Å². The Morgan fingerprint density at radius 3 is 2.46 bits per heavy atom. The molecule has 1 spiro atoms. The molecular formula is C50H63N5O16. The van der Waals surface area contributed by atoms with Gasteiger partial charge in [-0.3, -0.25) is 14.7 Å². The van der Waals surface area contributed by atoms with Crippen LogP contribution in [-0.2, 0) is 43.8 Å². The Balaban J connectivity index is 0.000000146. The number of phenolic OH excluding ortho intramolecular Hbond substituents is 1. The second-order valence-electron chi connectivity index (χ2n) is 18.5. The topological polar surface area (TPSA) is 305 Å². The number of cyclic esters (lactones) is 1. The number of aliphatic hydroxyl groups excluding tert-OH is 5. The van der Waals surface area contributed by atoms with Crippen molar-refractivity contribution in [1.29, 1.82) is 0 Å². The maximum atomic E-state index is 12.6. The number of Topliss-reactive ketones (excluding diaryl/α,β-unsaturated/α-hetero) is 1. The first-order chi connectivity index (χ1) is 34.0. The lowest BCUT2D eigenvalue weighted by molar-refractivity contribution is -0.769. The van der Waals surface area contributed by atoms with Crippen molar-refractivity contribution < 1.29 is 74.2 Å². The van der Waals surface area contributed by atoms with E-state index in [2.05, 4.69) is 60.9 Å². The van der Waals surface area contributed by atoms with Crippen molar-refractivity contribution in [1.82, 2.24) is 15.5 Å². The first kappa shape index (κ1) is 52.3. The van der Waals surface area contributed by atoms with Crippen LogP contribution < -0.4 is 24.8 Å². The van der Waals surface area contributed by atoms with Crippen LogP contribution in [0.4, 0.5) is 0 Å². The minimum absolute atomic E-state index is 0.0408. The molecule has 71 heavy (non-hydrogen) atoms. The van der Waals surface area contributed by atoms with Gasteiger partial charge in [-0.1, -0.05) is 68.5 Å². The van der Waals surface area contributed by atoms with Crippen LogP contribution in [0.1, 0.15) is 55.4 Å². The molecule has 384 valence electrons. The third-order valence-electron chi connectivity index (χ3n) is 13.5. The first-order valence-corrected chi connectivity index (χ1v) is 23.7. The number of nitrogens with one attached hydrogen (secondary N) is 2. The van der Waals surface area contributed by atoms with Gasteiger partial charge in [-0.25, -0.2) is 4.79 Å². The number of hydrogen-bond donors (Lipinski definition) is 9. The normalized spacial score (nSPS) is 26.1. The molecule has 2 bridgehead atoms. The number of fused-ring (bicyclic) bond motifs is 1. The van der Waals surface area contributed by atoms with Crippen LogP contribution in [-0.4, -0.2) is 164 Å². The number of esters is 1. The third-order valence-corrected chi connectivity index (χ3v) is 13.5. The van der Waals surface area contributed by atoms with Crippen molar-refractivity contribution in [3.8, 4) is 23.0 Å². The van der Waals surface area contributed by atoms with Crippen molar-refractivity contribution in [3.05, 3.63) is 117 Å². The van der Waals surface area contributed by atoms with Gasteiger partial charge in [0.05, 0.1) is 24.2 Å². The molecule has 5 aliphatic heterocycles. The zero-order chi connectivity index (χ0) is 51.0. The highest BCUT2D eigenvalue weighted by atomic mass is 17.0. The summed E-state index contributed by atoms with van der Waals surface area (Å²) in [7, 11) is 0. The minimum atomic E-state index is -1.42. The van der Waals surface area contributed by atoms with Gasteiger partial charge in [0.2, 0.25) is 5.76 Å². The number of likely N-dealkylation sites (tertiary alicyclic amines) is 1. The van der Waals surface area contributed by atoms with Gasteiger partial charge in [-0.05, 0) is 42.5 Å². The van der Waals surface area contributed by atoms with Gasteiger partial charge in [0.25, 0.3) is 5.09 Å². The summed E-state index contributed by atoms with van der Waals surface area (Å²) in [5, 5.41) is 83.0. The third kappa shape index (κ3) is 11.2. The van der Waals surface area contributed by atoms with Gasteiger partial charge in [0, 0.05) is 68.7 Å². The predicted molar refractivity (Wildman–Crippen MR) is 255 cm³/mol. The van der Waals surface area contributed by atoms with E-state index >= 15 is 0 Å². The number of para-hydroxylation sites is 1. The highest BCUT2D eigenvalue weighted by Gasteiger charge is 2.73. The molecule has 1 saturated carbocycles. The number of aliphatic hydroxyl groups is 6. The summed E-state index contributed by atoms with van der Waals surface area (Å²) in [6, 6.07) is 19.6. The molecule has 3 aromatic rings. The number of nitrogens with zero attached hydrogens (tertiary/aromatic N) is 3. The number of aliphatic imine (C=N–C) groups is 1. The average molecular weight is 990 g/mol. The lowest BCUT2D eigenvalue weighted by atomic mass is 9.49. The molecule has 0 aromatic heterocycles. The van der Waals surface area contributed by atoms with E-state index in [9.17, 15) is 35.0 Å². The number of phenols is 1. The zero-order valence-electron chi connectivity index (χ0n) is 39.6.